The predicted octanol–water partition coefficient (Wildman–Crippen LogP) is 0.901. The molecule has 1 fully saturated rings. The molecule has 0 radical (unpaired) electrons. The molecular formula is C14H21N3O2. The van der Waals surface area contributed by atoms with Crippen molar-refractivity contribution >= 4 is 5.91 Å². The number of amides is 1. The summed E-state index contributed by atoms with van der Waals surface area (Å²) in [5.41, 5.74) is 3.75. The van der Waals surface area contributed by atoms with E-state index in [4.69, 9.17) is 10.6 Å². The number of hydrazine groups is 1. The number of hydrogen-bond acceptors (Lipinski definition) is 4. The minimum atomic E-state index is -0.275. The maximum absolute atomic E-state index is 11.3. The Morgan fingerprint density at radius 1 is 1.37 bits per heavy atom. The Morgan fingerprint density at radius 2 is 2.00 bits per heavy atom. The minimum absolute atomic E-state index is 0.275. The summed E-state index contributed by atoms with van der Waals surface area (Å²) in [5.74, 6) is 4.81. The molecule has 1 amide bonds. The molecule has 5 heteroatoms. The lowest BCUT2D eigenvalue weighted by atomic mass is 10.1. The summed E-state index contributed by atoms with van der Waals surface area (Å²) < 4.78 is 5.89. The number of carbonyl (C=O) groups excluding carboxylic acids is 1. The Balaban J connectivity index is 1.81. The lowest BCUT2D eigenvalue weighted by Gasteiger charge is -2.28. The van der Waals surface area contributed by atoms with Gasteiger partial charge >= 0.3 is 0 Å². The number of hydrogen-bond donors (Lipinski definition) is 2. The second-order valence-corrected chi connectivity index (χ2v) is 4.98. The molecule has 5 nitrogen and oxygen atoms in total. The van der Waals surface area contributed by atoms with Gasteiger partial charge in [0.25, 0.3) is 5.91 Å². The van der Waals surface area contributed by atoms with E-state index >= 15 is 0 Å². The Kier molecular flexibility index (Phi) is 4.90. The summed E-state index contributed by atoms with van der Waals surface area (Å²) in [6, 6.07) is 7.32. The fourth-order valence-electron chi connectivity index (χ4n) is 2.20. The first kappa shape index (κ1) is 14.0. The number of rotatable bonds is 4. The molecule has 0 bridgehead atoms. The fraction of sp³-hybridized carbons (Fsp3) is 0.500. The summed E-state index contributed by atoms with van der Waals surface area (Å²) in [6.45, 7) is 2.79. The van der Waals surface area contributed by atoms with Gasteiger partial charge in [-0.3, -0.25) is 10.2 Å². The average Bonchev–Trinajstić information content (AvgIpc) is 2.46. The first-order chi connectivity index (χ1) is 9.19. The van der Waals surface area contributed by atoms with Gasteiger partial charge in [-0.05, 0) is 37.6 Å². The van der Waals surface area contributed by atoms with Gasteiger partial charge < -0.3 is 9.64 Å². The van der Waals surface area contributed by atoms with Gasteiger partial charge in [0.05, 0.1) is 12.7 Å². The van der Waals surface area contributed by atoms with Crippen LogP contribution in [0.1, 0.15) is 28.8 Å². The molecule has 2 rings (SSSR count). The molecule has 0 aliphatic carbocycles. The van der Waals surface area contributed by atoms with Crippen LogP contribution >= 0.6 is 0 Å². The summed E-state index contributed by atoms with van der Waals surface area (Å²) >= 11 is 0. The molecule has 3 N–H and O–H groups in total. The molecule has 0 atom stereocenters. The first-order valence-corrected chi connectivity index (χ1v) is 6.59. The lowest BCUT2D eigenvalue weighted by molar-refractivity contribution is 0.00213. The van der Waals surface area contributed by atoms with Crippen molar-refractivity contribution < 1.29 is 9.53 Å². The van der Waals surface area contributed by atoms with Crippen molar-refractivity contribution in [2.24, 2.45) is 5.84 Å². The van der Waals surface area contributed by atoms with Crippen molar-refractivity contribution in [3.8, 4) is 0 Å². The smallest absolute Gasteiger partial charge is 0.265 e. The van der Waals surface area contributed by atoms with Crippen LogP contribution in [-0.2, 0) is 11.3 Å². The van der Waals surface area contributed by atoms with E-state index in [1.165, 1.54) is 0 Å². The highest BCUT2D eigenvalue weighted by Crippen LogP contribution is 2.14. The van der Waals surface area contributed by atoms with Crippen LogP contribution in [0.5, 0.6) is 0 Å². The normalized spacial score (nSPS) is 17.4. The first-order valence-electron chi connectivity index (χ1n) is 6.59. The van der Waals surface area contributed by atoms with E-state index in [9.17, 15) is 4.79 Å². The molecule has 1 saturated heterocycles. The number of likely N-dealkylation sites (tertiary alicyclic amines) is 1. The number of nitrogens with zero attached hydrogens (tertiary/aromatic N) is 1. The zero-order valence-electron chi connectivity index (χ0n) is 11.3. The van der Waals surface area contributed by atoms with Gasteiger partial charge in [-0.2, -0.15) is 0 Å². The van der Waals surface area contributed by atoms with Crippen LogP contribution < -0.4 is 11.3 Å². The van der Waals surface area contributed by atoms with Crippen LogP contribution in [0.25, 0.3) is 0 Å². The molecule has 0 aromatic heterocycles. The minimum Gasteiger partial charge on any atom is -0.373 e. The Bertz CT molecular complexity index is 411. The van der Waals surface area contributed by atoms with Crippen LogP contribution in [-0.4, -0.2) is 37.0 Å². The summed E-state index contributed by atoms with van der Waals surface area (Å²) in [4.78, 5) is 13.6. The van der Waals surface area contributed by atoms with Crippen molar-refractivity contribution in [1.82, 2.24) is 10.3 Å². The highest BCUT2D eigenvalue weighted by atomic mass is 16.5. The van der Waals surface area contributed by atoms with Gasteiger partial charge in [-0.1, -0.05) is 12.1 Å². The number of benzene rings is 1. The number of piperidine rings is 1. The third-order valence-corrected chi connectivity index (χ3v) is 3.50. The van der Waals surface area contributed by atoms with Gasteiger partial charge in [0.1, 0.15) is 0 Å². The molecule has 1 aromatic rings. The average molecular weight is 263 g/mol. The maximum Gasteiger partial charge on any atom is 0.265 e. The van der Waals surface area contributed by atoms with E-state index in [1.807, 2.05) is 12.1 Å². The van der Waals surface area contributed by atoms with Crippen LogP contribution in [0, 0.1) is 0 Å². The van der Waals surface area contributed by atoms with Crippen molar-refractivity contribution in [3.05, 3.63) is 35.4 Å². The molecule has 0 spiro atoms. The number of ether oxygens (including phenoxy) is 1. The molecule has 104 valence electrons. The van der Waals surface area contributed by atoms with E-state index in [2.05, 4.69) is 17.4 Å². The van der Waals surface area contributed by atoms with Gasteiger partial charge in [0.15, 0.2) is 0 Å². The van der Waals surface area contributed by atoms with Crippen molar-refractivity contribution in [2.75, 3.05) is 20.1 Å². The third kappa shape index (κ3) is 4.02. The van der Waals surface area contributed by atoms with Crippen LogP contribution in [0.4, 0.5) is 0 Å². The van der Waals surface area contributed by atoms with E-state index in [-0.39, 0.29) is 5.91 Å². The number of nitrogens with one attached hydrogen (secondary N) is 1. The molecule has 0 unspecified atom stereocenters. The lowest BCUT2D eigenvalue weighted by Crippen LogP contribution is -2.34. The van der Waals surface area contributed by atoms with Crippen LogP contribution in [0.3, 0.4) is 0 Å². The Labute approximate surface area is 113 Å². The molecule has 1 aliphatic heterocycles. The molecule has 1 aromatic carbocycles. The monoisotopic (exact) mass is 263 g/mol. The summed E-state index contributed by atoms with van der Waals surface area (Å²) in [5, 5.41) is 0. The molecule has 0 saturated carbocycles. The topological polar surface area (TPSA) is 67.6 Å². The van der Waals surface area contributed by atoms with Gasteiger partial charge in [-0.25, -0.2) is 5.84 Å². The van der Waals surface area contributed by atoms with Crippen LogP contribution in [0.15, 0.2) is 24.3 Å². The quantitative estimate of drug-likeness (QED) is 0.481. The highest BCUT2D eigenvalue weighted by Gasteiger charge is 2.16. The predicted molar refractivity (Wildman–Crippen MR) is 73.4 cm³/mol. The Hall–Kier alpha value is -1.43. The van der Waals surface area contributed by atoms with Gasteiger partial charge in [0.2, 0.25) is 0 Å². The zero-order chi connectivity index (χ0) is 13.7. The van der Waals surface area contributed by atoms with Crippen molar-refractivity contribution in [1.29, 1.82) is 0 Å². The molecular weight excluding hydrogens is 242 g/mol. The number of nitrogen functional groups attached to an aromatic ring is 1. The summed E-state index contributed by atoms with van der Waals surface area (Å²) in [6.07, 6.45) is 2.53. The van der Waals surface area contributed by atoms with E-state index in [0.717, 1.165) is 31.5 Å². The van der Waals surface area contributed by atoms with Gasteiger partial charge in [-0.15, -0.1) is 0 Å². The number of carbonyl (C=O) groups is 1. The fourth-order valence-corrected chi connectivity index (χ4v) is 2.20. The zero-order valence-corrected chi connectivity index (χ0v) is 11.3. The molecule has 1 aliphatic rings. The standard InChI is InChI=1S/C14H21N3O2/c1-17-8-6-13(7-9-17)19-10-11-2-4-12(5-3-11)14(18)16-15/h2-5,13H,6-10,15H2,1H3,(H,16,18). The second kappa shape index (κ2) is 6.65. The van der Waals surface area contributed by atoms with Crippen molar-refractivity contribution in [2.45, 2.75) is 25.6 Å². The second-order valence-electron chi connectivity index (χ2n) is 4.98. The third-order valence-electron chi connectivity index (χ3n) is 3.50. The van der Waals surface area contributed by atoms with E-state index in [0.29, 0.717) is 18.3 Å². The van der Waals surface area contributed by atoms with Gasteiger partial charge in [0, 0.05) is 18.7 Å². The van der Waals surface area contributed by atoms with E-state index in [1.54, 1.807) is 12.1 Å². The molecule has 19 heavy (non-hydrogen) atoms. The molecule has 1 heterocycles. The largest absolute Gasteiger partial charge is 0.373 e. The van der Waals surface area contributed by atoms with Crippen molar-refractivity contribution in [3.63, 3.8) is 0 Å². The highest BCUT2D eigenvalue weighted by molar-refractivity contribution is 5.93. The SMILES string of the molecule is CN1CCC(OCc2ccc(C(=O)NN)cc2)CC1. The number of nitrogens with two attached hydrogens (primary N) is 1. The maximum atomic E-state index is 11.3. The summed E-state index contributed by atoms with van der Waals surface area (Å²) in [7, 11) is 2.14. The Morgan fingerprint density at radius 3 is 2.58 bits per heavy atom. The van der Waals surface area contributed by atoms with Crippen LogP contribution in [0.2, 0.25) is 0 Å². The van der Waals surface area contributed by atoms with E-state index < -0.39 is 0 Å².